The third-order valence-electron chi connectivity index (χ3n) is 2.25. The lowest BCUT2D eigenvalue weighted by atomic mass is 10.2. The smallest absolute Gasteiger partial charge is 0.234 e. The maximum absolute atomic E-state index is 11.6. The number of hydrogen-bond donors (Lipinski definition) is 2. The summed E-state index contributed by atoms with van der Waals surface area (Å²) in [6.45, 7) is 6.23. The fourth-order valence-corrected chi connectivity index (χ4v) is 2.15. The van der Waals surface area contributed by atoms with Crippen LogP contribution in [0.25, 0.3) is 0 Å². The van der Waals surface area contributed by atoms with Crippen molar-refractivity contribution in [3.63, 3.8) is 0 Å². The molecule has 0 heterocycles. The average molecular weight is 252 g/mol. The fourth-order valence-electron chi connectivity index (χ4n) is 1.30. The van der Waals surface area contributed by atoms with Crippen LogP contribution in [-0.2, 0) is 4.79 Å². The van der Waals surface area contributed by atoms with Crippen LogP contribution in [0.5, 0.6) is 0 Å². The van der Waals surface area contributed by atoms with Gasteiger partial charge in [0, 0.05) is 11.4 Å². The molecule has 0 unspecified atom stereocenters. The van der Waals surface area contributed by atoms with Crippen LogP contribution in [0.4, 0.5) is 11.4 Å². The number of thioether (sulfide) groups is 1. The summed E-state index contributed by atoms with van der Waals surface area (Å²) in [4.78, 5) is 11.6. The van der Waals surface area contributed by atoms with Crippen molar-refractivity contribution in [2.45, 2.75) is 20.8 Å². The van der Waals surface area contributed by atoms with Crippen molar-refractivity contribution in [3.05, 3.63) is 23.8 Å². The minimum atomic E-state index is 0.0268. The Hall–Kier alpha value is -1.16. The zero-order chi connectivity index (χ0) is 12.8. The minimum absolute atomic E-state index is 0.0268. The average Bonchev–Trinajstić information content (AvgIpc) is 2.23. The second-order valence-corrected chi connectivity index (χ2v) is 5.56. The number of carbonyl (C=O) groups is 1. The molecular formula is C13H20N2OS. The lowest BCUT2D eigenvalue weighted by molar-refractivity contribution is -0.113. The first-order valence-electron chi connectivity index (χ1n) is 5.72. The van der Waals surface area contributed by atoms with Gasteiger partial charge in [0.25, 0.3) is 0 Å². The molecule has 0 saturated heterocycles. The monoisotopic (exact) mass is 252 g/mol. The van der Waals surface area contributed by atoms with E-state index in [2.05, 4.69) is 19.2 Å². The van der Waals surface area contributed by atoms with Gasteiger partial charge in [-0.2, -0.15) is 11.8 Å². The van der Waals surface area contributed by atoms with Crippen LogP contribution in [0.3, 0.4) is 0 Å². The van der Waals surface area contributed by atoms with E-state index in [0.717, 1.165) is 17.0 Å². The molecule has 0 bridgehead atoms. The second-order valence-electron chi connectivity index (χ2n) is 4.53. The molecule has 0 aliphatic heterocycles. The number of amides is 1. The first-order valence-corrected chi connectivity index (χ1v) is 6.88. The maximum Gasteiger partial charge on any atom is 0.234 e. The Kier molecular flexibility index (Phi) is 5.35. The highest BCUT2D eigenvalue weighted by Gasteiger charge is 2.04. The number of nitrogens with two attached hydrogens (primary N) is 1. The Balaban J connectivity index is 2.42. The van der Waals surface area contributed by atoms with Crippen molar-refractivity contribution in [2.24, 2.45) is 5.92 Å². The molecule has 0 aliphatic carbocycles. The summed E-state index contributed by atoms with van der Waals surface area (Å²) >= 11 is 1.65. The van der Waals surface area contributed by atoms with Crippen LogP contribution < -0.4 is 11.1 Å². The lowest BCUT2D eigenvalue weighted by Gasteiger charge is -2.08. The molecule has 1 rings (SSSR count). The molecule has 0 saturated carbocycles. The minimum Gasteiger partial charge on any atom is -0.398 e. The van der Waals surface area contributed by atoms with E-state index < -0.39 is 0 Å². The van der Waals surface area contributed by atoms with Gasteiger partial charge in [0.15, 0.2) is 0 Å². The van der Waals surface area contributed by atoms with Gasteiger partial charge in [-0.25, -0.2) is 0 Å². The summed E-state index contributed by atoms with van der Waals surface area (Å²) in [6, 6.07) is 5.57. The molecule has 3 nitrogen and oxygen atoms in total. The largest absolute Gasteiger partial charge is 0.398 e. The molecule has 4 heteroatoms. The van der Waals surface area contributed by atoms with Crippen LogP contribution in [0.15, 0.2) is 18.2 Å². The van der Waals surface area contributed by atoms with Crippen molar-refractivity contribution in [2.75, 3.05) is 22.6 Å². The van der Waals surface area contributed by atoms with Crippen molar-refractivity contribution in [1.29, 1.82) is 0 Å². The molecule has 0 spiro atoms. The number of aryl methyl sites for hydroxylation is 1. The topological polar surface area (TPSA) is 55.1 Å². The lowest BCUT2D eigenvalue weighted by Crippen LogP contribution is -2.15. The third-order valence-corrected chi connectivity index (χ3v) is 3.62. The Labute approximate surface area is 107 Å². The van der Waals surface area contributed by atoms with E-state index in [0.29, 0.717) is 17.4 Å². The Morgan fingerprint density at radius 2 is 2.18 bits per heavy atom. The zero-order valence-corrected chi connectivity index (χ0v) is 11.4. The summed E-state index contributed by atoms with van der Waals surface area (Å²) < 4.78 is 0. The number of anilines is 2. The van der Waals surface area contributed by atoms with E-state index in [1.165, 1.54) is 0 Å². The summed E-state index contributed by atoms with van der Waals surface area (Å²) in [5.41, 5.74) is 8.28. The first kappa shape index (κ1) is 13.9. The third kappa shape index (κ3) is 5.13. The number of rotatable bonds is 5. The normalized spacial score (nSPS) is 10.6. The Bertz CT molecular complexity index is 391. The second kappa shape index (κ2) is 6.55. The Morgan fingerprint density at radius 3 is 2.76 bits per heavy atom. The molecule has 17 heavy (non-hydrogen) atoms. The highest BCUT2D eigenvalue weighted by molar-refractivity contribution is 7.99. The van der Waals surface area contributed by atoms with Gasteiger partial charge < -0.3 is 11.1 Å². The van der Waals surface area contributed by atoms with Crippen LogP contribution in [0, 0.1) is 12.8 Å². The predicted octanol–water partition coefficient (Wildman–Crippen LogP) is 2.90. The first-order chi connectivity index (χ1) is 7.99. The van der Waals surface area contributed by atoms with Gasteiger partial charge in [0.1, 0.15) is 0 Å². The van der Waals surface area contributed by atoms with Gasteiger partial charge in [0.2, 0.25) is 5.91 Å². The highest BCUT2D eigenvalue weighted by Crippen LogP contribution is 2.17. The summed E-state index contributed by atoms with van der Waals surface area (Å²) in [7, 11) is 0. The van der Waals surface area contributed by atoms with E-state index in [4.69, 9.17) is 5.73 Å². The highest BCUT2D eigenvalue weighted by atomic mass is 32.2. The molecule has 1 amide bonds. The quantitative estimate of drug-likeness (QED) is 0.792. The molecule has 0 fully saturated rings. The number of nitrogen functional groups attached to an aromatic ring is 1. The van der Waals surface area contributed by atoms with Crippen LogP contribution >= 0.6 is 11.8 Å². The van der Waals surface area contributed by atoms with Gasteiger partial charge in [-0.1, -0.05) is 19.9 Å². The van der Waals surface area contributed by atoms with Crippen LogP contribution in [0.1, 0.15) is 19.4 Å². The molecule has 3 N–H and O–H groups in total. The number of nitrogens with one attached hydrogen (secondary N) is 1. The van der Waals surface area contributed by atoms with Gasteiger partial charge in [0.05, 0.1) is 5.75 Å². The SMILES string of the molecule is Cc1ccc(NC(=O)CSCC(C)C)cc1N. The Morgan fingerprint density at radius 1 is 1.47 bits per heavy atom. The van der Waals surface area contributed by atoms with Crippen molar-refractivity contribution >= 4 is 29.0 Å². The molecule has 1 aromatic rings. The van der Waals surface area contributed by atoms with E-state index in [1.54, 1.807) is 17.8 Å². The molecule has 1 aromatic carbocycles. The van der Waals surface area contributed by atoms with Crippen LogP contribution in [-0.4, -0.2) is 17.4 Å². The van der Waals surface area contributed by atoms with Crippen molar-refractivity contribution in [3.8, 4) is 0 Å². The van der Waals surface area contributed by atoms with Crippen molar-refractivity contribution < 1.29 is 4.79 Å². The number of hydrogen-bond acceptors (Lipinski definition) is 3. The van der Waals surface area contributed by atoms with Gasteiger partial charge >= 0.3 is 0 Å². The molecular weight excluding hydrogens is 232 g/mol. The maximum atomic E-state index is 11.6. The van der Waals surface area contributed by atoms with E-state index >= 15 is 0 Å². The standard InChI is InChI=1S/C13H20N2OS/c1-9(2)7-17-8-13(16)15-11-5-4-10(3)12(14)6-11/h4-6,9H,7-8,14H2,1-3H3,(H,15,16). The van der Waals surface area contributed by atoms with Gasteiger partial charge in [-0.05, 0) is 36.3 Å². The summed E-state index contributed by atoms with van der Waals surface area (Å²) in [5.74, 6) is 2.14. The van der Waals surface area contributed by atoms with E-state index in [-0.39, 0.29) is 5.91 Å². The number of carbonyl (C=O) groups excluding carboxylic acids is 1. The molecule has 0 radical (unpaired) electrons. The fraction of sp³-hybridized carbons (Fsp3) is 0.462. The molecule has 0 aliphatic rings. The summed E-state index contributed by atoms with van der Waals surface area (Å²) in [6.07, 6.45) is 0. The zero-order valence-electron chi connectivity index (χ0n) is 10.6. The molecule has 94 valence electrons. The van der Waals surface area contributed by atoms with Crippen LogP contribution in [0.2, 0.25) is 0 Å². The summed E-state index contributed by atoms with van der Waals surface area (Å²) in [5, 5.41) is 2.84. The van der Waals surface area contributed by atoms with Gasteiger partial charge in [-0.15, -0.1) is 0 Å². The van der Waals surface area contributed by atoms with Crippen molar-refractivity contribution in [1.82, 2.24) is 0 Å². The number of benzene rings is 1. The predicted molar refractivity (Wildman–Crippen MR) is 76.4 cm³/mol. The molecule has 0 atom stereocenters. The molecule has 0 aromatic heterocycles. The van der Waals surface area contributed by atoms with Gasteiger partial charge in [-0.3, -0.25) is 4.79 Å². The van der Waals surface area contributed by atoms with E-state index in [1.807, 2.05) is 19.1 Å². The van der Waals surface area contributed by atoms with E-state index in [9.17, 15) is 4.79 Å².